The maximum absolute atomic E-state index is 11.6. The molecule has 0 aliphatic heterocycles. The molecule has 0 aromatic carbocycles. The van der Waals surface area contributed by atoms with Crippen LogP contribution in [0.3, 0.4) is 0 Å². The van der Waals surface area contributed by atoms with Crippen molar-refractivity contribution in [2.75, 3.05) is 0 Å². The fourth-order valence-corrected chi connectivity index (χ4v) is 1.61. The SMILES string of the molecule is CC1=C(C)C(C)=C(C)C(C)C1=O. The summed E-state index contributed by atoms with van der Waals surface area (Å²) < 4.78 is 0. The fourth-order valence-electron chi connectivity index (χ4n) is 1.61. The van der Waals surface area contributed by atoms with Gasteiger partial charge in [0.1, 0.15) is 0 Å². The highest BCUT2D eigenvalue weighted by Gasteiger charge is 2.24. The summed E-state index contributed by atoms with van der Waals surface area (Å²) >= 11 is 0. The van der Waals surface area contributed by atoms with Crippen LogP contribution < -0.4 is 0 Å². The normalized spacial score (nSPS) is 25.4. The number of allylic oxidation sites excluding steroid dienone is 4. The number of carbonyl (C=O) groups is 1. The number of carbonyl (C=O) groups excluding carboxylic acids is 1. The third-order valence-electron chi connectivity index (χ3n) is 3.13. The summed E-state index contributed by atoms with van der Waals surface area (Å²) in [7, 11) is 0. The summed E-state index contributed by atoms with van der Waals surface area (Å²) in [5.41, 5.74) is 4.61. The Labute approximate surface area is 74.2 Å². The van der Waals surface area contributed by atoms with Crippen LogP contribution in [0.1, 0.15) is 34.6 Å². The van der Waals surface area contributed by atoms with Crippen LogP contribution >= 0.6 is 0 Å². The van der Waals surface area contributed by atoms with E-state index in [1.54, 1.807) is 0 Å². The monoisotopic (exact) mass is 164 g/mol. The van der Waals surface area contributed by atoms with E-state index in [1.165, 1.54) is 11.1 Å². The highest BCUT2D eigenvalue weighted by Crippen LogP contribution is 2.30. The molecule has 0 N–H and O–H groups in total. The lowest BCUT2D eigenvalue weighted by atomic mass is 9.81. The molecule has 66 valence electrons. The van der Waals surface area contributed by atoms with Gasteiger partial charge in [0, 0.05) is 5.92 Å². The van der Waals surface area contributed by atoms with E-state index in [2.05, 4.69) is 6.92 Å². The van der Waals surface area contributed by atoms with E-state index >= 15 is 0 Å². The van der Waals surface area contributed by atoms with Crippen LogP contribution in [-0.4, -0.2) is 5.78 Å². The first-order valence-corrected chi connectivity index (χ1v) is 4.36. The molecule has 1 aliphatic rings. The average molecular weight is 164 g/mol. The summed E-state index contributed by atoms with van der Waals surface area (Å²) in [5, 5.41) is 0. The van der Waals surface area contributed by atoms with Crippen LogP contribution in [0.2, 0.25) is 0 Å². The maximum Gasteiger partial charge on any atom is 0.165 e. The molecule has 12 heavy (non-hydrogen) atoms. The van der Waals surface area contributed by atoms with Crippen LogP contribution in [0.15, 0.2) is 22.3 Å². The van der Waals surface area contributed by atoms with Crippen molar-refractivity contribution in [3.05, 3.63) is 22.3 Å². The van der Waals surface area contributed by atoms with Gasteiger partial charge in [-0.05, 0) is 44.4 Å². The molecule has 0 bridgehead atoms. The Morgan fingerprint density at radius 3 is 1.92 bits per heavy atom. The minimum Gasteiger partial charge on any atom is -0.294 e. The number of ketones is 1. The lowest BCUT2D eigenvalue weighted by molar-refractivity contribution is -0.117. The van der Waals surface area contributed by atoms with Gasteiger partial charge in [-0.1, -0.05) is 12.5 Å². The number of hydrogen-bond acceptors (Lipinski definition) is 1. The van der Waals surface area contributed by atoms with Gasteiger partial charge in [-0.2, -0.15) is 0 Å². The molecular weight excluding hydrogens is 148 g/mol. The molecule has 1 heteroatoms. The Hall–Kier alpha value is -0.850. The summed E-state index contributed by atoms with van der Waals surface area (Å²) in [6.07, 6.45) is 0. The first-order chi connectivity index (χ1) is 5.46. The zero-order chi connectivity index (χ0) is 9.46. The highest BCUT2D eigenvalue weighted by molar-refractivity contribution is 6.01. The van der Waals surface area contributed by atoms with Gasteiger partial charge < -0.3 is 0 Å². The van der Waals surface area contributed by atoms with Crippen molar-refractivity contribution < 1.29 is 4.79 Å². The topological polar surface area (TPSA) is 17.1 Å². The second kappa shape index (κ2) is 2.89. The van der Waals surface area contributed by atoms with Gasteiger partial charge in [-0.15, -0.1) is 0 Å². The zero-order valence-electron chi connectivity index (χ0n) is 8.49. The Kier molecular flexibility index (Phi) is 2.22. The molecule has 0 heterocycles. The first-order valence-electron chi connectivity index (χ1n) is 4.36. The molecule has 0 spiro atoms. The maximum atomic E-state index is 11.6. The van der Waals surface area contributed by atoms with E-state index < -0.39 is 0 Å². The van der Waals surface area contributed by atoms with Gasteiger partial charge in [0.05, 0.1) is 0 Å². The van der Waals surface area contributed by atoms with Crippen LogP contribution in [0.25, 0.3) is 0 Å². The minimum absolute atomic E-state index is 0.0914. The average Bonchev–Trinajstić information content (AvgIpc) is 2.08. The van der Waals surface area contributed by atoms with Crippen molar-refractivity contribution in [1.29, 1.82) is 0 Å². The largest absolute Gasteiger partial charge is 0.294 e. The van der Waals surface area contributed by atoms with E-state index in [1.807, 2.05) is 27.7 Å². The van der Waals surface area contributed by atoms with Crippen molar-refractivity contribution >= 4 is 5.78 Å². The molecule has 1 unspecified atom stereocenters. The molecule has 1 rings (SSSR count). The van der Waals surface area contributed by atoms with Crippen molar-refractivity contribution in [2.45, 2.75) is 34.6 Å². The predicted octanol–water partition coefficient (Wildman–Crippen LogP) is 2.88. The minimum atomic E-state index is 0.0914. The summed E-state index contributed by atoms with van der Waals surface area (Å²) in [5.74, 6) is 0.379. The smallest absolute Gasteiger partial charge is 0.165 e. The summed E-state index contributed by atoms with van der Waals surface area (Å²) in [6.45, 7) is 10.1. The van der Waals surface area contributed by atoms with Crippen molar-refractivity contribution in [3.63, 3.8) is 0 Å². The van der Waals surface area contributed by atoms with Crippen LogP contribution in [-0.2, 0) is 4.79 Å². The van der Waals surface area contributed by atoms with Gasteiger partial charge in [-0.3, -0.25) is 4.79 Å². The molecule has 0 radical (unpaired) electrons. The van der Waals surface area contributed by atoms with Gasteiger partial charge >= 0.3 is 0 Å². The van der Waals surface area contributed by atoms with Gasteiger partial charge in [0.2, 0.25) is 0 Å². The molecular formula is C11H16O. The third-order valence-corrected chi connectivity index (χ3v) is 3.13. The number of Topliss-reactive ketones (excluding diaryl/α,β-unsaturated/α-hetero) is 1. The molecule has 0 aromatic heterocycles. The zero-order valence-corrected chi connectivity index (χ0v) is 8.49. The Balaban J connectivity index is 3.27. The lowest BCUT2D eigenvalue weighted by Gasteiger charge is -2.22. The quantitative estimate of drug-likeness (QED) is 0.538. The second-order valence-electron chi connectivity index (χ2n) is 3.64. The predicted molar refractivity (Wildman–Crippen MR) is 50.9 cm³/mol. The van der Waals surface area contributed by atoms with Crippen molar-refractivity contribution in [1.82, 2.24) is 0 Å². The molecule has 0 amide bonds. The lowest BCUT2D eigenvalue weighted by Crippen LogP contribution is -2.20. The van der Waals surface area contributed by atoms with Crippen LogP contribution in [0, 0.1) is 5.92 Å². The number of hydrogen-bond donors (Lipinski definition) is 0. The van der Waals surface area contributed by atoms with E-state index in [9.17, 15) is 4.79 Å². The molecule has 0 aromatic rings. The highest BCUT2D eigenvalue weighted by atomic mass is 16.1. The van der Waals surface area contributed by atoms with Crippen LogP contribution in [0.5, 0.6) is 0 Å². The van der Waals surface area contributed by atoms with E-state index in [-0.39, 0.29) is 11.7 Å². The second-order valence-corrected chi connectivity index (χ2v) is 3.64. The molecule has 0 saturated heterocycles. The summed E-state index contributed by atoms with van der Waals surface area (Å²) in [4.78, 5) is 11.6. The Bertz CT molecular complexity index is 292. The van der Waals surface area contributed by atoms with E-state index in [4.69, 9.17) is 0 Å². The number of rotatable bonds is 0. The Morgan fingerprint density at radius 1 is 0.917 bits per heavy atom. The van der Waals surface area contributed by atoms with Crippen molar-refractivity contribution in [3.8, 4) is 0 Å². The van der Waals surface area contributed by atoms with Gasteiger partial charge in [0.25, 0.3) is 0 Å². The standard InChI is InChI=1S/C11H16O/c1-6-7(2)9(4)11(12)10(5)8(6)3/h9H,1-5H3. The third kappa shape index (κ3) is 1.13. The Morgan fingerprint density at radius 2 is 1.42 bits per heavy atom. The van der Waals surface area contributed by atoms with Crippen molar-refractivity contribution in [2.24, 2.45) is 5.92 Å². The fraction of sp³-hybridized carbons (Fsp3) is 0.545. The molecule has 0 fully saturated rings. The van der Waals surface area contributed by atoms with E-state index in [0.717, 1.165) is 11.1 Å². The van der Waals surface area contributed by atoms with Gasteiger partial charge in [-0.25, -0.2) is 0 Å². The molecule has 0 saturated carbocycles. The summed E-state index contributed by atoms with van der Waals surface area (Å²) in [6, 6.07) is 0. The van der Waals surface area contributed by atoms with E-state index in [0.29, 0.717) is 0 Å². The van der Waals surface area contributed by atoms with Crippen LogP contribution in [0.4, 0.5) is 0 Å². The molecule has 1 nitrogen and oxygen atoms in total. The first kappa shape index (κ1) is 9.24. The van der Waals surface area contributed by atoms with Gasteiger partial charge in [0.15, 0.2) is 5.78 Å². The molecule has 1 aliphatic carbocycles. The molecule has 1 atom stereocenters.